The maximum atomic E-state index is 11.6. The molecule has 1 aromatic rings. The van der Waals surface area contributed by atoms with Crippen molar-refractivity contribution in [2.24, 2.45) is 0 Å². The van der Waals surface area contributed by atoms with Crippen molar-refractivity contribution in [3.05, 3.63) is 22.2 Å². The highest BCUT2D eigenvalue weighted by Crippen LogP contribution is 2.43. The van der Waals surface area contributed by atoms with Gasteiger partial charge in [0.1, 0.15) is 28.5 Å². The summed E-state index contributed by atoms with van der Waals surface area (Å²) in [5, 5.41) is 19.6. The van der Waals surface area contributed by atoms with Crippen molar-refractivity contribution >= 4 is 17.6 Å². The van der Waals surface area contributed by atoms with Crippen LogP contribution in [0.4, 0.5) is 0 Å². The van der Waals surface area contributed by atoms with Gasteiger partial charge in [0.2, 0.25) is 0 Å². The van der Waals surface area contributed by atoms with E-state index in [9.17, 15) is 15.0 Å². The molecule has 0 saturated carbocycles. The van der Waals surface area contributed by atoms with E-state index in [1.165, 1.54) is 13.2 Å². The third-order valence-electron chi connectivity index (χ3n) is 2.72. The molecular weight excluding hydrogens is 248 g/mol. The Hall–Kier alpha value is -1.46. The van der Waals surface area contributed by atoms with E-state index in [0.717, 1.165) is 0 Å². The first-order valence-corrected chi connectivity index (χ1v) is 5.33. The molecular formula is C11H11ClO5. The van der Waals surface area contributed by atoms with Gasteiger partial charge in [-0.3, -0.25) is 0 Å². The number of aliphatic hydroxyl groups excluding tert-OH is 1. The Balaban J connectivity index is 2.70. The van der Waals surface area contributed by atoms with Crippen LogP contribution in [0.2, 0.25) is 5.02 Å². The Bertz CT molecular complexity index is 485. The molecule has 0 radical (unpaired) electrons. The van der Waals surface area contributed by atoms with E-state index in [1.807, 2.05) is 0 Å². The zero-order valence-corrected chi connectivity index (χ0v) is 9.99. The molecule has 92 valence electrons. The number of cyclic esters (lactones) is 1. The zero-order valence-electron chi connectivity index (χ0n) is 9.23. The van der Waals surface area contributed by atoms with Crippen molar-refractivity contribution in [1.82, 2.24) is 0 Å². The van der Waals surface area contributed by atoms with Gasteiger partial charge >= 0.3 is 5.97 Å². The predicted octanol–water partition coefficient (Wildman–Crippen LogP) is 1.65. The summed E-state index contributed by atoms with van der Waals surface area (Å²) in [7, 11) is 1.38. The molecule has 0 aromatic heterocycles. The van der Waals surface area contributed by atoms with Crippen LogP contribution >= 0.6 is 11.6 Å². The van der Waals surface area contributed by atoms with Gasteiger partial charge in [0.25, 0.3) is 0 Å². The molecule has 0 saturated heterocycles. The van der Waals surface area contributed by atoms with Crippen LogP contribution in [0, 0.1) is 0 Å². The first-order valence-electron chi connectivity index (χ1n) is 4.95. The Morgan fingerprint density at radius 2 is 2.18 bits per heavy atom. The highest BCUT2D eigenvalue weighted by molar-refractivity contribution is 6.34. The predicted molar refractivity (Wildman–Crippen MR) is 59.5 cm³/mol. The minimum atomic E-state index is -1.01. The SMILES string of the molecule is COc1cc2c(c(O)c1Cl)C(=O)O[C@H](C)[C@H]2O. The minimum Gasteiger partial charge on any atom is -0.505 e. The van der Waals surface area contributed by atoms with Gasteiger partial charge in [0.05, 0.1) is 7.11 Å². The lowest BCUT2D eigenvalue weighted by molar-refractivity contribution is -0.0217. The number of methoxy groups -OCH3 is 1. The molecule has 17 heavy (non-hydrogen) atoms. The van der Waals surface area contributed by atoms with Crippen molar-refractivity contribution in [2.75, 3.05) is 7.11 Å². The maximum absolute atomic E-state index is 11.6. The fourth-order valence-electron chi connectivity index (χ4n) is 1.78. The van der Waals surface area contributed by atoms with Gasteiger partial charge in [-0.1, -0.05) is 11.6 Å². The number of aromatic hydroxyl groups is 1. The van der Waals surface area contributed by atoms with E-state index in [-0.39, 0.29) is 21.9 Å². The van der Waals surface area contributed by atoms with E-state index in [1.54, 1.807) is 6.92 Å². The number of halogens is 1. The fourth-order valence-corrected chi connectivity index (χ4v) is 2.01. The number of phenols is 1. The lowest BCUT2D eigenvalue weighted by Crippen LogP contribution is -2.30. The summed E-state index contributed by atoms with van der Waals surface area (Å²) in [5.41, 5.74) is 0.147. The smallest absolute Gasteiger partial charge is 0.342 e. The monoisotopic (exact) mass is 258 g/mol. The van der Waals surface area contributed by atoms with Crippen LogP contribution in [0.3, 0.4) is 0 Å². The van der Waals surface area contributed by atoms with Gasteiger partial charge in [-0.25, -0.2) is 4.79 Å². The molecule has 2 N–H and O–H groups in total. The average molecular weight is 259 g/mol. The Labute approximate surface area is 103 Å². The maximum Gasteiger partial charge on any atom is 0.342 e. The first-order chi connectivity index (χ1) is 7.97. The van der Waals surface area contributed by atoms with E-state index in [2.05, 4.69) is 0 Å². The highest BCUT2D eigenvalue weighted by atomic mass is 35.5. The second-order valence-electron chi connectivity index (χ2n) is 3.76. The lowest BCUT2D eigenvalue weighted by Gasteiger charge is -2.28. The van der Waals surface area contributed by atoms with Crippen molar-refractivity contribution in [1.29, 1.82) is 0 Å². The summed E-state index contributed by atoms with van der Waals surface area (Å²) in [5.74, 6) is -0.944. The molecule has 1 aliphatic heterocycles. The van der Waals surface area contributed by atoms with Crippen LogP contribution in [-0.2, 0) is 4.74 Å². The number of hydrogen-bond acceptors (Lipinski definition) is 5. The van der Waals surface area contributed by atoms with Crippen LogP contribution < -0.4 is 4.74 Å². The van der Waals surface area contributed by atoms with Crippen molar-refractivity contribution in [2.45, 2.75) is 19.1 Å². The number of aliphatic hydroxyl groups is 1. The second kappa shape index (κ2) is 4.09. The van der Waals surface area contributed by atoms with Crippen LogP contribution in [-0.4, -0.2) is 29.4 Å². The normalized spacial score (nSPS) is 22.9. The number of carbonyl (C=O) groups is 1. The Morgan fingerprint density at radius 3 is 2.76 bits per heavy atom. The molecule has 2 atom stereocenters. The summed E-state index contributed by atoms with van der Waals surface area (Å²) in [6.07, 6.45) is -1.69. The van der Waals surface area contributed by atoms with Gasteiger partial charge in [-0.05, 0) is 13.0 Å². The second-order valence-corrected chi connectivity index (χ2v) is 4.14. The van der Waals surface area contributed by atoms with E-state index in [0.29, 0.717) is 0 Å². The number of fused-ring (bicyclic) bond motifs is 1. The van der Waals surface area contributed by atoms with Crippen molar-refractivity contribution < 1.29 is 24.5 Å². The molecule has 0 bridgehead atoms. The summed E-state index contributed by atoms with van der Waals surface area (Å²) < 4.78 is 9.84. The van der Waals surface area contributed by atoms with Crippen LogP contribution in [0.1, 0.15) is 28.9 Å². The Kier molecular flexibility index (Phi) is 2.89. The molecule has 1 aliphatic rings. The van der Waals surface area contributed by atoms with Crippen molar-refractivity contribution in [3.63, 3.8) is 0 Å². The van der Waals surface area contributed by atoms with E-state index < -0.39 is 23.9 Å². The molecule has 0 aliphatic carbocycles. The molecule has 0 unspecified atom stereocenters. The first kappa shape index (κ1) is 12.0. The molecule has 1 heterocycles. The van der Waals surface area contributed by atoms with Gasteiger partial charge in [0, 0.05) is 5.56 Å². The molecule has 5 nitrogen and oxygen atoms in total. The molecule has 1 aromatic carbocycles. The van der Waals surface area contributed by atoms with Crippen LogP contribution in [0.5, 0.6) is 11.5 Å². The van der Waals surface area contributed by atoms with Gasteiger partial charge in [-0.2, -0.15) is 0 Å². The molecule has 6 heteroatoms. The average Bonchev–Trinajstić information content (AvgIpc) is 2.29. The molecule has 0 spiro atoms. The van der Waals surface area contributed by atoms with E-state index >= 15 is 0 Å². The number of benzene rings is 1. The molecule has 0 amide bonds. The molecule has 2 rings (SSSR count). The van der Waals surface area contributed by atoms with E-state index in [4.69, 9.17) is 21.1 Å². The number of carbonyl (C=O) groups excluding carboxylic acids is 1. The number of phenolic OH excluding ortho intramolecular Hbond substituents is 1. The van der Waals surface area contributed by atoms with Gasteiger partial charge in [0.15, 0.2) is 5.75 Å². The standard InChI is InChI=1S/C11H11ClO5/c1-4-9(13)5-3-6(16-2)8(12)10(14)7(5)11(15)17-4/h3-4,9,13-14H,1-2H3/t4-,9-/m1/s1. The highest BCUT2D eigenvalue weighted by Gasteiger charge is 2.36. The number of ether oxygens (including phenoxy) is 2. The summed E-state index contributed by atoms with van der Waals surface area (Å²) >= 11 is 5.82. The van der Waals surface area contributed by atoms with Crippen LogP contribution in [0.25, 0.3) is 0 Å². The fraction of sp³-hybridized carbons (Fsp3) is 0.364. The topological polar surface area (TPSA) is 76.0 Å². The zero-order chi connectivity index (χ0) is 12.7. The Morgan fingerprint density at radius 1 is 1.53 bits per heavy atom. The quantitative estimate of drug-likeness (QED) is 0.749. The van der Waals surface area contributed by atoms with Crippen LogP contribution in [0.15, 0.2) is 6.07 Å². The molecule has 0 fully saturated rings. The summed E-state index contributed by atoms with van der Waals surface area (Å²) in [6, 6.07) is 1.43. The third kappa shape index (κ3) is 1.71. The minimum absolute atomic E-state index is 0.0787. The number of esters is 1. The number of hydrogen-bond donors (Lipinski definition) is 2. The third-order valence-corrected chi connectivity index (χ3v) is 3.08. The largest absolute Gasteiger partial charge is 0.505 e. The lowest BCUT2D eigenvalue weighted by atomic mass is 9.95. The number of rotatable bonds is 1. The summed E-state index contributed by atoms with van der Waals surface area (Å²) in [4.78, 5) is 11.6. The summed E-state index contributed by atoms with van der Waals surface area (Å²) in [6.45, 7) is 1.56. The van der Waals surface area contributed by atoms with Crippen molar-refractivity contribution in [3.8, 4) is 11.5 Å². The van der Waals surface area contributed by atoms with Gasteiger partial charge in [-0.15, -0.1) is 0 Å². The van der Waals surface area contributed by atoms with Gasteiger partial charge < -0.3 is 19.7 Å².